The Bertz CT molecular complexity index is 1060. The van der Waals surface area contributed by atoms with Crippen molar-refractivity contribution in [1.29, 1.82) is 0 Å². The molecule has 184 valence electrons. The lowest BCUT2D eigenvalue weighted by Gasteiger charge is -2.32. The lowest BCUT2D eigenvalue weighted by molar-refractivity contribution is -0.141. The molecular weight excluding hydrogens is 476 g/mol. The van der Waals surface area contributed by atoms with E-state index in [1.165, 1.54) is 0 Å². The number of amides is 2. The van der Waals surface area contributed by atoms with E-state index in [-0.39, 0.29) is 17.9 Å². The second-order valence-electron chi connectivity index (χ2n) is 8.58. The van der Waals surface area contributed by atoms with Crippen molar-refractivity contribution in [2.75, 3.05) is 5.75 Å². The molecule has 0 aliphatic rings. The Morgan fingerprint density at radius 2 is 1.51 bits per heavy atom. The molecule has 0 radical (unpaired) electrons. The van der Waals surface area contributed by atoms with Crippen LogP contribution in [0.25, 0.3) is 0 Å². The molecule has 0 aliphatic carbocycles. The van der Waals surface area contributed by atoms with E-state index in [1.807, 2.05) is 98.8 Å². The third-order valence-electron chi connectivity index (χ3n) is 5.87. The summed E-state index contributed by atoms with van der Waals surface area (Å²) in [5, 5.41) is 3.80. The van der Waals surface area contributed by atoms with Crippen molar-refractivity contribution in [2.24, 2.45) is 0 Å². The van der Waals surface area contributed by atoms with Crippen molar-refractivity contribution in [3.63, 3.8) is 0 Å². The summed E-state index contributed by atoms with van der Waals surface area (Å²) in [5.41, 5.74) is 2.03. The quantitative estimate of drug-likeness (QED) is 0.289. The van der Waals surface area contributed by atoms with Crippen LogP contribution in [0.2, 0.25) is 5.02 Å². The molecule has 0 heterocycles. The van der Waals surface area contributed by atoms with Crippen LogP contribution in [0, 0.1) is 0 Å². The molecule has 4 nitrogen and oxygen atoms in total. The molecule has 0 bridgehead atoms. The first-order chi connectivity index (χ1) is 17.0. The summed E-state index contributed by atoms with van der Waals surface area (Å²) in [6.45, 7) is 4.42. The molecule has 0 saturated heterocycles. The number of carbonyl (C=O) groups excluding carboxylic acids is 2. The van der Waals surface area contributed by atoms with Gasteiger partial charge in [-0.1, -0.05) is 79.2 Å². The summed E-state index contributed by atoms with van der Waals surface area (Å²) in [5.74, 6) is 0.477. The van der Waals surface area contributed by atoms with Crippen molar-refractivity contribution < 1.29 is 9.59 Å². The number of hydrogen-bond donors (Lipinski definition) is 1. The Morgan fingerprint density at radius 3 is 2.11 bits per heavy atom. The topological polar surface area (TPSA) is 49.4 Å². The van der Waals surface area contributed by atoms with E-state index < -0.39 is 6.04 Å². The van der Waals surface area contributed by atoms with E-state index in [0.717, 1.165) is 22.4 Å². The van der Waals surface area contributed by atoms with E-state index in [2.05, 4.69) is 5.32 Å². The van der Waals surface area contributed by atoms with Crippen LogP contribution in [-0.4, -0.2) is 34.6 Å². The number of hydrogen-bond acceptors (Lipinski definition) is 3. The summed E-state index contributed by atoms with van der Waals surface area (Å²) in [4.78, 5) is 29.9. The molecule has 1 N–H and O–H groups in total. The largest absolute Gasteiger partial charge is 0.352 e. The molecule has 0 fully saturated rings. The first-order valence-electron chi connectivity index (χ1n) is 12.0. The van der Waals surface area contributed by atoms with E-state index in [4.69, 9.17) is 11.6 Å². The number of thioether (sulfide) groups is 1. The molecule has 0 aromatic heterocycles. The smallest absolute Gasteiger partial charge is 0.243 e. The zero-order valence-electron chi connectivity index (χ0n) is 20.3. The Morgan fingerprint density at radius 1 is 0.914 bits per heavy atom. The second-order valence-corrected chi connectivity index (χ2v) is 10.2. The standard InChI is InChI=1S/C29H33ClN2O2S/c1-3-22(2)31-29(34)27(20-23-10-6-4-7-11-23)32(21-24-12-8-5-9-13-24)28(33)18-19-35-26-16-14-25(30)15-17-26/h4-17,22,27H,3,18-21H2,1-2H3,(H,31,34)/t22-,27+/m1/s1. The minimum atomic E-state index is -0.598. The van der Waals surface area contributed by atoms with Gasteiger partial charge in [-0.05, 0) is 48.7 Å². The molecule has 0 aliphatic heterocycles. The third-order valence-corrected chi connectivity index (χ3v) is 7.13. The summed E-state index contributed by atoms with van der Waals surface area (Å²) in [6, 6.07) is 26.8. The fraction of sp³-hybridized carbons (Fsp3) is 0.310. The van der Waals surface area contributed by atoms with Gasteiger partial charge in [-0.15, -0.1) is 11.8 Å². The van der Waals surface area contributed by atoms with Crippen molar-refractivity contribution in [3.05, 3.63) is 101 Å². The SMILES string of the molecule is CC[C@@H](C)NC(=O)[C@H](Cc1ccccc1)N(Cc1ccccc1)C(=O)CCSc1ccc(Cl)cc1. The monoisotopic (exact) mass is 508 g/mol. The Hall–Kier alpha value is -2.76. The van der Waals surface area contributed by atoms with Crippen LogP contribution >= 0.6 is 23.4 Å². The first-order valence-corrected chi connectivity index (χ1v) is 13.4. The van der Waals surface area contributed by atoms with Crippen molar-refractivity contribution in [3.8, 4) is 0 Å². The molecule has 0 saturated carbocycles. The molecule has 3 rings (SSSR count). The van der Waals surface area contributed by atoms with E-state index in [1.54, 1.807) is 16.7 Å². The van der Waals surface area contributed by atoms with Gasteiger partial charge in [0.25, 0.3) is 0 Å². The number of carbonyl (C=O) groups is 2. The van der Waals surface area contributed by atoms with Crippen LogP contribution in [0.3, 0.4) is 0 Å². The van der Waals surface area contributed by atoms with Gasteiger partial charge in [0.05, 0.1) is 0 Å². The van der Waals surface area contributed by atoms with Gasteiger partial charge in [0.2, 0.25) is 11.8 Å². The van der Waals surface area contributed by atoms with Gasteiger partial charge < -0.3 is 10.2 Å². The molecule has 0 unspecified atom stereocenters. The fourth-order valence-corrected chi connectivity index (χ4v) is 4.67. The molecule has 6 heteroatoms. The van der Waals surface area contributed by atoms with Crippen LogP contribution < -0.4 is 5.32 Å². The lowest BCUT2D eigenvalue weighted by atomic mass is 10.0. The Balaban J connectivity index is 1.82. The van der Waals surface area contributed by atoms with Gasteiger partial charge in [0, 0.05) is 41.1 Å². The summed E-state index contributed by atoms with van der Waals surface area (Å²) in [6.07, 6.45) is 1.63. The minimum absolute atomic E-state index is 0.0319. The van der Waals surface area contributed by atoms with Crippen LogP contribution in [0.15, 0.2) is 89.8 Å². The van der Waals surface area contributed by atoms with Crippen LogP contribution in [0.1, 0.15) is 37.8 Å². The molecule has 3 aromatic rings. The van der Waals surface area contributed by atoms with Crippen molar-refractivity contribution in [1.82, 2.24) is 10.2 Å². The van der Waals surface area contributed by atoms with Gasteiger partial charge in [-0.25, -0.2) is 0 Å². The maximum absolute atomic E-state index is 13.6. The molecule has 35 heavy (non-hydrogen) atoms. The molecule has 3 aromatic carbocycles. The number of rotatable bonds is 12. The highest BCUT2D eigenvalue weighted by Gasteiger charge is 2.30. The van der Waals surface area contributed by atoms with Crippen molar-refractivity contribution in [2.45, 2.75) is 56.6 Å². The first kappa shape index (κ1) is 26.8. The molecular formula is C29H33ClN2O2S. The molecule has 2 amide bonds. The van der Waals surface area contributed by atoms with E-state index in [9.17, 15) is 9.59 Å². The average molecular weight is 509 g/mol. The van der Waals surface area contributed by atoms with Crippen molar-refractivity contribution >= 4 is 35.2 Å². The summed E-state index contributed by atoms with van der Waals surface area (Å²) >= 11 is 7.60. The van der Waals surface area contributed by atoms with Gasteiger partial charge in [-0.3, -0.25) is 9.59 Å². The van der Waals surface area contributed by atoms with Crippen LogP contribution in [0.4, 0.5) is 0 Å². The number of nitrogens with one attached hydrogen (secondary N) is 1. The fourth-order valence-electron chi connectivity index (χ4n) is 3.71. The maximum atomic E-state index is 13.6. The van der Waals surface area contributed by atoms with Gasteiger partial charge in [0.1, 0.15) is 6.04 Å². The predicted octanol–water partition coefficient (Wildman–Crippen LogP) is 6.38. The molecule has 2 atom stereocenters. The highest BCUT2D eigenvalue weighted by Crippen LogP contribution is 2.22. The second kappa shape index (κ2) is 14.0. The summed E-state index contributed by atoms with van der Waals surface area (Å²) in [7, 11) is 0. The summed E-state index contributed by atoms with van der Waals surface area (Å²) < 4.78 is 0. The number of benzene rings is 3. The molecule has 0 spiro atoms. The van der Waals surface area contributed by atoms with Crippen LogP contribution in [-0.2, 0) is 22.6 Å². The van der Waals surface area contributed by atoms with Gasteiger partial charge in [-0.2, -0.15) is 0 Å². The zero-order valence-corrected chi connectivity index (χ0v) is 21.9. The normalized spacial score (nSPS) is 12.5. The van der Waals surface area contributed by atoms with Crippen LogP contribution in [0.5, 0.6) is 0 Å². The minimum Gasteiger partial charge on any atom is -0.352 e. The maximum Gasteiger partial charge on any atom is 0.243 e. The zero-order chi connectivity index (χ0) is 25.0. The van der Waals surface area contributed by atoms with E-state index in [0.29, 0.717) is 30.2 Å². The highest BCUT2D eigenvalue weighted by molar-refractivity contribution is 7.99. The average Bonchev–Trinajstić information content (AvgIpc) is 2.88. The number of halogens is 1. The van der Waals surface area contributed by atoms with Gasteiger partial charge in [0.15, 0.2) is 0 Å². The Labute approximate surface area is 218 Å². The van der Waals surface area contributed by atoms with E-state index >= 15 is 0 Å². The predicted molar refractivity (Wildman–Crippen MR) is 146 cm³/mol. The van der Waals surface area contributed by atoms with Gasteiger partial charge >= 0.3 is 0 Å². The third kappa shape index (κ3) is 8.75. The lowest BCUT2D eigenvalue weighted by Crippen LogP contribution is -2.52. The Kier molecular flexibility index (Phi) is 10.7. The highest BCUT2D eigenvalue weighted by atomic mass is 35.5. The number of nitrogens with zero attached hydrogens (tertiary/aromatic N) is 1.